The van der Waals surface area contributed by atoms with Crippen molar-refractivity contribution < 1.29 is 4.79 Å². The Kier molecular flexibility index (Phi) is 5.44. The highest BCUT2D eigenvalue weighted by molar-refractivity contribution is 7.22. The first kappa shape index (κ1) is 19.1. The molecule has 0 aliphatic rings. The lowest BCUT2D eigenvalue weighted by Crippen LogP contribution is -2.31. The van der Waals surface area contributed by atoms with Gasteiger partial charge in [0.05, 0.1) is 27.5 Å². The molecule has 0 bridgehead atoms. The molecule has 0 radical (unpaired) electrons. The number of fused-ring (bicyclic) bond motifs is 1. The zero-order chi connectivity index (χ0) is 19.7. The predicted octanol–water partition coefficient (Wildman–Crippen LogP) is 5.80. The molecule has 0 unspecified atom stereocenters. The minimum absolute atomic E-state index is 0.00389. The number of pyridine rings is 1. The summed E-state index contributed by atoms with van der Waals surface area (Å²) < 4.78 is 1.80. The molecule has 0 aliphatic carbocycles. The smallest absolute Gasteiger partial charge is 0.234 e. The van der Waals surface area contributed by atoms with Crippen LogP contribution in [-0.4, -0.2) is 15.9 Å². The summed E-state index contributed by atoms with van der Waals surface area (Å²) >= 11 is 9.02. The third kappa shape index (κ3) is 4.09. The second kappa shape index (κ2) is 7.99. The maximum absolute atomic E-state index is 13.2. The summed E-state index contributed by atoms with van der Waals surface area (Å²) in [6, 6.07) is 11.8. The van der Waals surface area contributed by atoms with Crippen molar-refractivity contribution in [3.8, 4) is 0 Å². The lowest BCUT2D eigenvalue weighted by molar-refractivity contribution is -0.118. The van der Waals surface area contributed by atoms with E-state index in [1.807, 2.05) is 24.3 Å². The molecule has 28 heavy (non-hydrogen) atoms. The summed E-state index contributed by atoms with van der Waals surface area (Å²) in [7, 11) is 0. The minimum Gasteiger partial charge on any atom is -0.283 e. The van der Waals surface area contributed by atoms with E-state index in [0.29, 0.717) is 22.4 Å². The van der Waals surface area contributed by atoms with Crippen LogP contribution < -0.4 is 4.90 Å². The van der Waals surface area contributed by atoms with E-state index in [4.69, 9.17) is 16.6 Å². The molecule has 0 saturated heterocycles. The monoisotopic (exact) mass is 427 g/mol. The molecule has 1 aromatic carbocycles. The van der Waals surface area contributed by atoms with Crippen molar-refractivity contribution in [3.63, 3.8) is 0 Å². The summed E-state index contributed by atoms with van der Waals surface area (Å²) in [5.41, 5.74) is 4.24. The second-order valence-electron chi connectivity index (χ2n) is 6.65. The number of carbonyl (C=O) groups is 1. The molecule has 142 valence electrons. The molecule has 4 nitrogen and oxygen atoms in total. The van der Waals surface area contributed by atoms with Crippen LogP contribution in [0.4, 0.5) is 5.13 Å². The Bertz CT molecular complexity index is 1140. The summed E-state index contributed by atoms with van der Waals surface area (Å²) in [5, 5.41) is 0.709. The van der Waals surface area contributed by atoms with Gasteiger partial charge in [-0.1, -0.05) is 35.1 Å². The van der Waals surface area contributed by atoms with Crippen LogP contribution in [0.2, 0.25) is 4.34 Å². The third-order valence-corrected chi connectivity index (χ3v) is 6.82. The molecule has 0 saturated carbocycles. The molecule has 0 spiro atoms. The van der Waals surface area contributed by atoms with Gasteiger partial charge in [0.2, 0.25) is 5.91 Å². The van der Waals surface area contributed by atoms with Crippen molar-refractivity contribution in [1.82, 2.24) is 9.97 Å². The van der Waals surface area contributed by atoms with Gasteiger partial charge in [-0.2, -0.15) is 0 Å². The largest absolute Gasteiger partial charge is 0.283 e. The number of anilines is 1. The number of thiophene rings is 1. The number of carbonyl (C=O) groups excluding carboxylic acids is 1. The van der Waals surface area contributed by atoms with Gasteiger partial charge in [0.1, 0.15) is 0 Å². The molecule has 4 aromatic rings. The number of aromatic nitrogens is 2. The number of thiazole rings is 1. The number of amides is 1. The van der Waals surface area contributed by atoms with Crippen molar-refractivity contribution in [2.24, 2.45) is 0 Å². The van der Waals surface area contributed by atoms with E-state index >= 15 is 0 Å². The lowest BCUT2D eigenvalue weighted by atomic mass is 10.1. The van der Waals surface area contributed by atoms with Gasteiger partial charge in [-0.25, -0.2) is 4.98 Å². The van der Waals surface area contributed by atoms with Gasteiger partial charge in [0.25, 0.3) is 0 Å². The normalized spacial score (nSPS) is 11.1. The van der Waals surface area contributed by atoms with E-state index in [9.17, 15) is 4.79 Å². The van der Waals surface area contributed by atoms with Gasteiger partial charge in [0, 0.05) is 17.3 Å². The second-order valence-corrected chi connectivity index (χ2v) is 9.43. The van der Waals surface area contributed by atoms with Crippen molar-refractivity contribution in [1.29, 1.82) is 0 Å². The van der Waals surface area contributed by atoms with Gasteiger partial charge in [-0.3, -0.25) is 14.7 Å². The number of nitrogens with zero attached hydrogens (tertiary/aromatic N) is 3. The summed E-state index contributed by atoms with van der Waals surface area (Å²) in [4.78, 5) is 24.8. The van der Waals surface area contributed by atoms with Crippen molar-refractivity contribution in [2.45, 2.75) is 26.8 Å². The average Bonchev–Trinajstić information content (AvgIpc) is 3.26. The van der Waals surface area contributed by atoms with Gasteiger partial charge in [-0.05, 0) is 54.8 Å². The molecule has 0 fully saturated rings. The van der Waals surface area contributed by atoms with Crippen LogP contribution in [0.5, 0.6) is 0 Å². The fraction of sp³-hybridized carbons (Fsp3) is 0.190. The van der Waals surface area contributed by atoms with Crippen molar-refractivity contribution >= 4 is 55.5 Å². The number of hydrogen-bond acceptors (Lipinski definition) is 5. The zero-order valence-electron chi connectivity index (χ0n) is 15.5. The predicted molar refractivity (Wildman–Crippen MR) is 118 cm³/mol. The molecule has 3 heterocycles. The minimum atomic E-state index is -0.00389. The zero-order valence-corrected chi connectivity index (χ0v) is 17.9. The van der Waals surface area contributed by atoms with E-state index in [2.05, 4.69) is 31.0 Å². The summed E-state index contributed by atoms with van der Waals surface area (Å²) in [6.07, 6.45) is 3.81. The van der Waals surface area contributed by atoms with Crippen LogP contribution in [0.1, 0.15) is 21.6 Å². The Morgan fingerprint density at radius 1 is 1.18 bits per heavy atom. The Hall–Kier alpha value is -2.28. The first-order chi connectivity index (χ1) is 13.5. The highest BCUT2D eigenvalue weighted by atomic mass is 35.5. The third-order valence-electron chi connectivity index (χ3n) is 4.36. The Morgan fingerprint density at radius 3 is 2.75 bits per heavy atom. The van der Waals surface area contributed by atoms with E-state index in [1.165, 1.54) is 22.5 Å². The molecule has 7 heteroatoms. The fourth-order valence-corrected chi connectivity index (χ4v) is 5.22. The van der Waals surface area contributed by atoms with E-state index in [1.54, 1.807) is 28.6 Å². The van der Waals surface area contributed by atoms with Crippen LogP contribution in [0.15, 0.2) is 48.8 Å². The first-order valence-corrected chi connectivity index (χ1v) is 10.8. The molecule has 1 amide bonds. The highest BCUT2D eigenvalue weighted by Gasteiger charge is 2.22. The molecule has 0 aliphatic heterocycles. The van der Waals surface area contributed by atoms with Gasteiger partial charge in [-0.15, -0.1) is 11.3 Å². The van der Waals surface area contributed by atoms with Crippen LogP contribution in [0.25, 0.3) is 10.2 Å². The number of aryl methyl sites for hydroxylation is 2. The lowest BCUT2D eigenvalue weighted by Gasteiger charge is -2.19. The van der Waals surface area contributed by atoms with Gasteiger partial charge in [0.15, 0.2) is 5.13 Å². The topological polar surface area (TPSA) is 46.1 Å². The molecular formula is C21H18ClN3OS2. The van der Waals surface area contributed by atoms with E-state index < -0.39 is 0 Å². The van der Waals surface area contributed by atoms with E-state index in [-0.39, 0.29) is 5.91 Å². The van der Waals surface area contributed by atoms with Crippen molar-refractivity contribution in [3.05, 3.63) is 74.7 Å². The first-order valence-electron chi connectivity index (χ1n) is 8.81. The van der Waals surface area contributed by atoms with Crippen LogP contribution in [-0.2, 0) is 17.8 Å². The molecule has 3 aromatic heterocycles. The van der Waals surface area contributed by atoms with Crippen LogP contribution in [0.3, 0.4) is 0 Å². The Morgan fingerprint density at radius 2 is 2.04 bits per heavy atom. The van der Waals surface area contributed by atoms with Crippen LogP contribution >= 0.6 is 34.3 Å². The van der Waals surface area contributed by atoms with Crippen molar-refractivity contribution in [2.75, 3.05) is 4.90 Å². The van der Waals surface area contributed by atoms with Crippen LogP contribution in [0, 0.1) is 13.8 Å². The number of hydrogen-bond donors (Lipinski definition) is 0. The maximum Gasteiger partial charge on any atom is 0.234 e. The molecule has 4 rings (SSSR count). The number of rotatable bonds is 5. The van der Waals surface area contributed by atoms with Gasteiger partial charge >= 0.3 is 0 Å². The molecular weight excluding hydrogens is 410 g/mol. The number of benzene rings is 1. The Balaban J connectivity index is 1.71. The highest BCUT2D eigenvalue weighted by Crippen LogP contribution is 2.33. The standard InChI is InChI=1S/C21H18ClN3OS2/c1-13-8-14(2)20-17(9-13)24-21(28-20)25(12-15-4-3-7-23-11-15)19(26)10-16-5-6-18(22)27-16/h3-9,11H,10,12H2,1-2H3. The van der Waals surface area contributed by atoms with Gasteiger partial charge < -0.3 is 0 Å². The SMILES string of the molecule is Cc1cc(C)c2sc(N(Cc3cccnc3)C(=O)Cc3ccc(Cl)s3)nc2c1. The quantitative estimate of drug-likeness (QED) is 0.404. The maximum atomic E-state index is 13.2. The molecule has 0 N–H and O–H groups in total. The summed E-state index contributed by atoms with van der Waals surface area (Å²) in [6.45, 7) is 4.58. The molecule has 0 atom stereocenters. The van der Waals surface area contributed by atoms with E-state index in [0.717, 1.165) is 20.7 Å². The average molecular weight is 428 g/mol. The fourth-order valence-electron chi connectivity index (χ4n) is 3.11. The summed E-state index contributed by atoms with van der Waals surface area (Å²) in [5.74, 6) is -0.00389. The Labute approximate surface area is 176 Å². The number of halogens is 1.